The number of aromatic nitrogens is 1. The van der Waals surface area contributed by atoms with Gasteiger partial charge in [-0.2, -0.15) is 5.26 Å². The Morgan fingerprint density at radius 1 is 1.29 bits per heavy atom. The molecule has 1 heterocycles. The number of carbonyl (C=O) groups is 1. The van der Waals surface area contributed by atoms with Crippen molar-refractivity contribution in [1.29, 1.82) is 5.26 Å². The molecule has 0 unspecified atom stereocenters. The molecule has 0 fully saturated rings. The molecule has 0 radical (unpaired) electrons. The maximum Gasteiger partial charge on any atom is 0.323 e. The Hall–Kier alpha value is -2.54. The van der Waals surface area contributed by atoms with Crippen molar-refractivity contribution in [2.75, 3.05) is 0 Å². The van der Waals surface area contributed by atoms with Crippen LogP contribution in [0.25, 0.3) is 11.1 Å². The minimum Gasteiger partial charge on any atom is -0.480 e. The van der Waals surface area contributed by atoms with E-state index in [1.54, 1.807) is 12.4 Å². The molecule has 1 aromatic carbocycles. The molecule has 0 aliphatic carbocycles. The molecule has 0 saturated heterocycles. The van der Waals surface area contributed by atoms with E-state index >= 15 is 0 Å². The fourth-order valence-corrected chi connectivity index (χ4v) is 1.69. The second-order valence-corrected chi connectivity index (χ2v) is 3.63. The molecular weight excluding hydrogens is 216 g/mol. The van der Waals surface area contributed by atoms with Crippen LogP contribution in [0.2, 0.25) is 0 Å². The minimum absolute atomic E-state index is 0.137. The standard InChI is InChI=1S/C13H10N2O2/c14-6-11-7-15(9-13(16)17)8-12(11)10-4-2-1-3-5-10/h1-5,7-8H,9H2,(H,16,17). The van der Waals surface area contributed by atoms with E-state index in [9.17, 15) is 4.79 Å². The topological polar surface area (TPSA) is 66.0 Å². The van der Waals surface area contributed by atoms with Crippen molar-refractivity contribution >= 4 is 5.97 Å². The van der Waals surface area contributed by atoms with Gasteiger partial charge in [0.05, 0.1) is 5.56 Å². The van der Waals surface area contributed by atoms with Crippen LogP contribution in [0, 0.1) is 11.3 Å². The number of rotatable bonds is 3. The van der Waals surface area contributed by atoms with Crippen molar-refractivity contribution in [3.8, 4) is 17.2 Å². The lowest BCUT2D eigenvalue weighted by Gasteiger charge is -1.97. The first-order chi connectivity index (χ1) is 8.20. The summed E-state index contributed by atoms with van der Waals surface area (Å²) >= 11 is 0. The second-order valence-electron chi connectivity index (χ2n) is 3.63. The van der Waals surface area contributed by atoms with Gasteiger partial charge in [-0.1, -0.05) is 30.3 Å². The summed E-state index contributed by atoms with van der Waals surface area (Å²) in [6.45, 7) is -0.137. The summed E-state index contributed by atoms with van der Waals surface area (Å²) in [5.74, 6) is -0.927. The molecule has 4 nitrogen and oxygen atoms in total. The number of hydrogen-bond donors (Lipinski definition) is 1. The number of nitriles is 1. The summed E-state index contributed by atoms with van der Waals surface area (Å²) in [6, 6.07) is 11.5. The number of benzene rings is 1. The van der Waals surface area contributed by atoms with E-state index in [1.165, 1.54) is 4.57 Å². The summed E-state index contributed by atoms with van der Waals surface area (Å²) in [4.78, 5) is 10.6. The summed E-state index contributed by atoms with van der Waals surface area (Å²) in [6.07, 6.45) is 3.23. The predicted molar refractivity (Wildman–Crippen MR) is 62.2 cm³/mol. The Morgan fingerprint density at radius 3 is 2.59 bits per heavy atom. The number of nitrogens with zero attached hydrogens (tertiary/aromatic N) is 2. The quantitative estimate of drug-likeness (QED) is 0.871. The highest BCUT2D eigenvalue weighted by atomic mass is 16.4. The van der Waals surface area contributed by atoms with Gasteiger partial charge in [0.1, 0.15) is 12.6 Å². The largest absolute Gasteiger partial charge is 0.480 e. The Labute approximate surface area is 98.4 Å². The van der Waals surface area contributed by atoms with E-state index in [0.717, 1.165) is 11.1 Å². The minimum atomic E-state index is -0.927. The molecule has 4 heteroatoms. The van der Waals surface area contributed by atoms with Gasteiger partial charge in [-0.25, -0.2) is 0 Å². The Kier molecular flexibility index (Phi) is 2.93. The highest BCUT2D eigenvalue weighted by molar-refractivity contribution is 5.71. The maximum absolute atomic E-state index is 10.6. The van der Waals surface area contributed by atoms with E-state index in [1.807, 2.05) is 30.3 Å². The van der Waals surface area contributed by atoms with Gasteiger partial charge in [-0.15, -0.1) is 0 Å². The van der Waals surface area contributed by atoms with Gasteiger partial charge in [0.25, 0.3) is 0 Å². The summed E-state index contributed by atoms with van der Waals surface area (Å²) in [5.41, 5.74) is 2.15. The lowest BCUT2D eigenvalue weighted by molar-refractivity contribution is -0.137. The third-order valence-electron chi connectivity index (χ3n) is 2.40. The molecule has 0 aliphatic rings. The van der Waals surface area contributed by atoms with Crippen LogP contribution in [0.5, 0.6) is 0 Å². The fraction of sp³-hybridized carbons (Fsp3) is 0.0769. The monoisotopic (exact) mass is 226 g/mol. The first kappa shape index (κ1) is 11.0. The highest BCUT2D eigenvalue weighted by Gasteiger charge is 2.09. The van der Waals surface area contributed by atoms with Crippen molar-refractivity contribution < 1.29 is 9.90 Å². The third-order valence-corrected chi connectivity index (χ3v) is 2.40. The van der Waals surface area contributed by atoms with Gasteiger partial charge in [0.2, 0.25) is 0 Å². The summed E-state index contributed by atoms with van der Waals surface area (Å²) < 4.78 is 1.50. The van der Waals surface area contributed by atoms with Crippen LogP contribution in [-0.2, 0) is 11.3 Å². The van der Waals surface area contributed by atoms with E-state index in [0.29, 0.717) is 5.56 Å². The maximum atomic E-state index is 10.6. The zero-order chi connectivity index (χ0) is 12.3. The van der Waals surface area contributed by atoms with E-state index < -0.39 is 5.97 Å². The highest BCUT2D eigenvalue weighted by Crippen LogP contribution is 2.23. The normalized spacial score (nSPS) is 9.82. The van der Waals surface area contributed by atoms with Crippen molar-refractivity contribution in [3.63, 3.8) is 0 Å². The van der Waals surface area contributed by atoms with Gasteiger partial charge in [0.15, 0.2) is 0 Å². The summed E-state index contributed by atoms with van der Waals surface area (Å²) in [5, 5.41) is 17.7. The second kappa shape index (κ2) is 4.54. The van der Waals surface area contributed by atoms with Crippen LogP contribution >= 0.6 is 0 Å². The van der Waals surface area contributed by atoms with Gasteiger partial charge in [0, 0.05) is 18.0 Å². The van der Waals surface area contributed by atoms with E-state index in [-0.39, 0.29) is 6.54 Å². The van der Waals surface area contributed by atoms with Gasteiger partial charge in [-0.3, -0.25) is 4.79 Å². The molecule has 0 bridgehead atoms. The van der Waals surface area contributed by atoms with Crippen LogP contribution in [-0.4, -0.2) is 15.6 Å². The summed E-state index contributed by atoms with van der Waals surface area (Å²) in [7, 11) is 0. The number of carboxylic acids is 1. The Balaban J connectivity index is 2.44. The number of aliphatic carboxylic acids is 1. The van der Waals surface area contributed by atoms with Crippen molar-refractivity contribution in [3.05, 3.63) is 48.3 Å². The van der Waals surface area contributed by atoms with Gasteiger partial charge in [-0.05, 0) is 5.56 Å². The molecule has 1 aromatic heterocycles. The lowest BCUT2D eigenvalue weighted by atomic mass is 10.1. The SMILES string of the molecule is N#Cc1cn(CC(=O)O)cc1-c1ccccc1. The van der Waals surface area contributed by atoms with Gasteiger partial charge < -0.3 is 9.67 Å². The smallest absolute Gasteiger partial charge is 0.323 e. The van der Waals surface area contributed by atoms with Crippen LogP contribution in [0.15, 0.2) is 42.7 Å². The molecule has 1 N–H and O–H groups in total. The zero-order valence-electron chi connectivity index (χ0n) is 9.00. The molecule has 0 saturated carbocycles. The average Bonchev–Trinajstić information content (AvgIpc) is 2.72. The van der Waals surface area contributed by atoms with Crippen molar-refractivity contribution in [2.24, 2.45) is 0 Å². The van der Waals surface area contributed by atoms with Crippen molar-refractivity contribution in [1.82, 2.24) is 4.57 Å². The van der Waals surface area contributed by atoms with E-state index in [4.69, 9.17) is 10.4 Å². The van der Waals surface area contributed by atoms with Crippen LogP contribution in [0.4, 0.5) is 0 Å². The Bertz CT molecular complexity index is 579. The van der Waals surface area contributed by atoms with Crippen LogP contribution in [0.3, 0.4) is 0 Å². The average molecular weight is 226 g/mol. The lowest BCUT2D eigenvalue weighted by Crippen LogP contribution is -2.06. The number of carboxylic acid groups (broad SMARTS) is 1. The first-order valence-electron chi connectivity index (χ1n) is 5.08. The predicted octanol–water partition coefficient (Wildman–Crippen LogP) is 2.11. The molecule has 84 valence electrons. The first-order valence-corrected chi connectivity index (χ1v) is 5.08. The molecule has 0 amide bonds. The van der Waals surface area contributed by atoms with Crippen LogP contribution < -0.4 is 0 Å². The molecule has 0 spiro atoms. The molecule has 17 heavy (non-hydrogen) atoms. The van der Waals surface area contributed by atoms with Gasteiger partial charge >= 0.3 is 5.97 Å². The molecular formula is C13H10N2O2. The van der Waals surface area contributed by atoms with E-state index in [2.05, 4.69) is 6.07 Å². The van der Waals surface area contributed by atoms with Crippen LogP contribution in [0.1, 0.15) is 5.56 Å². The van der Waals surface area contributed by atoms with Crippen molar-refractivity contribution in [2.45, 2.75) is 6.54 Å². The molecule has 0 aliphatic heterocycles. The number of hydrogen-bond acceptors (Lipinski definition) is 2. The fourth-order valence-electron chi connectivity index (χ4n) is 1.69. The molecule has 2 aromatic rings. The molecule has 2 rings (SSSR count). The zero-order valence-corrected chi connectivity index (χ0v) is 9.00. The molecule has 0 atom stereocenters. The Morgan fingerprint density at radius 2 is 2.00 bits per heavy atom. The third kappa shape index (κ3) is 2.34.